The minimum atomic E-state index is -0.260. The van der Waals surface area contributed by atoms with E-state index in [0.29, 0.717) is 47.0 Å². The Morgan fingerprint density at radius 2 is 1.79 bits per heavy atom. The van der Waals surface area contributed by atoms with Crippen LogP contribution in [0, 0.1) is 0 Å². The SMILES string of the molecule is COc1cc(OC)c(N2C(=O)CC(c3ccncc3)C3=C2CCCC3=O)cc1Cl. The molecule has 2 heterocycles. The van der Waals surface area contributed by atoms with E-state index in [4.69, 9.17) is 21.1 Å². The minimum Gasteiger partial charge on any atom is -0.495 e. The average molecular weight is 413 g/mol. The Labute approximate surface area is 174 Å². The predicted molar refractivity (Wildman–Crippen MR) is 110 cm³/mol. The molecule has 1 atom stereocenters. The number of nitrogens with zero attached hydrogens (tertiary/aromatic N) is 2. The molecule has 1 aliphatic carbocycles. The Kier molecular flexibility index (Phi) is 5.28. The lowest BCUT2D eigenvalue weighted by Crippen LogP contribution is -2.40. The van der Waals surface area contributed by atoms with Gasteiger partial charge < -0.3 is 9.47 Å². The third-order valence-corrected chi connectivity index (χ3v) is 5.77. The van der Waals surface area contributed by atoms with Crippen LogP contribution in [0.1, 0.15) is 37.2 Å². The molecule has 1 amide bonds. The summed E-state index contributed by atoms with van der Waals surface area (Å²) >= 11 is 6.35. The molecule has 29 heavy (non-hydrogen) atoms. The fourth-order valence-corrected chi connectivity index (χ4v) is 4.41. The van der Waals surface area contributed by atoms with Gasteiger partial charge in [0.05, 0.1) is 24.9 Å². The normalized spacial score (nSPS) is 19.3. The van der Waals surface area contributed by atoms with Gasteiger partial charge in [-0.3, -0.25) is 19.5 Å². The summed E-state index contributed by atoms with van der Waals surface area (Å²) in [6, 6.07) is 7.05. The van der Waals surface area contributed by atoms with Gasteiger partial charge in [0.2, 0.25) is 5.91 Å². The van der Waals surface area contributed by atoms with Crippen molar-refractivity contribution in [1.29, 1.82) is 0 Å². The molecular weight excluding hydrogens is 392 g/mol. The number of ketones is 1. The number of methoxy groups -OCH3 is 2. The van der Waals surface area contributed by atoms with Gasteiger partial charge in [-0.15, -0.1) is 0 Å². The van der Waals surface area contributed by atoms with Crippen LogP contribution in [0.4, 0.5) is 5.69 Å². The van der Waals surface area contributed by atoms with Crippen molar-refractivity contribution in [3.8, 4) is 11.5 Å². The zero-order valence-corrected chi connectivity index (χ0v) is 17.0. The Morgan fingerprint density at radius 3 is 2.48 bits per heavy atom. The summed E-state index contributed by atoms with van der Waals surface area (Å²) in [5.41, 5.74) is 2.89. The van der Waals surface area contributed by atoms with E-state index in [2.05, 4.69) is 4.98 Å². The lowest BCUT2D eigenvalue weighted by Gasteiger charge is -2.38. The Hall–Kier alpha value is -2.86. The van der Waals surface area contributed by atoms with E-state index in [1.165, 1.54) is 14.2 Å². The van der Waals surface area contributed by atoms with Crippen LogP contribution in [0.25, 0.3) is 0 Å². The van der Waals surface area contributed by atoms with Gasteiger partial charge in [0.25, 0.3) is 0 Å². The van der Waals surface area contributed by atoms with Crippen molar-refractivity contribution in [3.05, 3.63) is 58.5 Å². The van der Waals surface area contributed by atoms with Crippen LogP contribution in [-0.2, 0) is 9.59 Å². The number of amides is 1. The van der Waals surface area contributed by atoms with Crippen molar-refractivity contribution < 1.29 is 19.1 Å². The van der Waals surface area contributed by atoms with E-state index < -0.39 is 0 Å². The summed E-state index contributed by atoms with van der Waals surface area (Å²) in [6.07, 6.45) is 5.40. The number of hydrogen-bond acceptors (Lipinski definition) is 5. The Balaban J connectivity index is 1.90. The van der Waals surface area contributed by atoms with Gasteiger partial charge >= 0.3 is 0 Å². The molecule has 0 bridgehead atoms. The molecule has 0 fully saturated rings. The maximum atomic E-state index is 13.3. The summed E-state index contributed by atoms with van der Waals surface area (Å²) in [7, 11) is 3.05. The van der Waals surface area contributed by atoms with Crippen LogP contribution in [-0.4, -0.2) is 30.9 Å². The topological polar surface area (TPSA) is 68.7 Å². The zero-order chi connectivity index (χ0) is 20.5. The third kappa shape index (κ3) is 3.38. The average Bonchev–Trinajstić information content (AvgIpc) is 2.74. The largest absolute Gasteiger partial charge is 0.495 e. The van der Waals surface area contributed by atoms with E-state index in [-0.39, 0.29) is 24.0 Å². The number of benzene rings is 1. The molecule has 0 spiro atoms. The second-order valence-corrected chi connectivity index (χ2v) is 7.47. The molecule has 4 rings (SSSR count). The maximum absolute atomic E-state index is 13.3. The predicted octanol–water partition coefficient (Wildman–Crippen LogP) is 4.28. The molecule has 7 heteroatoms. The number of halogens is 1. The van der Waals surface area contributed by atoms with Gasteiger partial charge in [0.1, 0.15) is 11.5 Å². The van der Waals surface area contributed by atoms with Gasteiger partial charge in [-0.1, -0.05) is 11.6 Å². The number of pyridine rings is 1. The first-order chi connectivity index (χ1) is 14.0. The summed E-state index contributed by atoms with van der Waals surface area (Å²) in [6.45, 7) is 0. The van der Waals surface area contributed by atoms with Crippen LogP contribution < -0.4 is 14.4 Å². The standard InChI is InChI=1S/C22H21ClN2O4/c1-28-19-12-20(29-2)17(11-15(19)23)25-16-4-3-5-18(26)22(16)14(10-21(25)27)13-6-8-24-9-7-13/h6-9,11-12,14H,3-5,10H2,1-2H3. The molecule has 150 valence electrons. The quantitative estimate of drug-likeness (QED) is 0.749. The minimum absolute atomic E-state index is 0.0872. The molecule has 1 aliphatic heterocycles. The molecule has 1 aromatic carbocycles. The molecule has 0 saturated carbocycles. The Morgan fingerprint density at radius 1 is 1.07 bits per heavy atom. The van der Waals surface area contributed by atoms with Crippen molar-refractivity contribution in [3.63, 3.8) is 0 Å². The molecular formula is C22H21ClN2O4. The molecule has 6 nitrogen and oxygen atoms in total. The summed E-state index contributed by atoms with van der Waals surface area (Å²) in [5, 5.41) is 0.372. The number of carbonyl (C=O) groups excluding carboxylic acids is 2. The maximum Gasteiger partial charge on any atom is 0.232 e. The van der Waals surface area contributed by atoms with Gasteiger partial charge in [-0.05, 0) is 36.6 Å². The number of ether oxygens (including phenoxy) is 2. The van der Waals surface area contributed by atoms with E-state index in [0.717, 1.165) is 11.3 Å². The van der Waals surface area contributed by atoms with Crippen molar-refractivity contribution in [2.24, 2.45) is 0 Å². The van der Waals surface area contributed by atoms with Gasteiger partial charge in [0, 0.05) is 48.5 Å². The molecule has 1 aromatic heterocycles. The first-order valence-electron chi connectivity index (χ1n) is 9.45. The lowest BCUT2D eigenvalue weighted by molar-refractivity contribution is -0.120. The molecule has 2 aromatic rings. The fraction of sp³-hybridized carbons (Fsp3) is 0.318. The van der Waals surface area contributed by atoms with Crippen LogP contribution in [0.3, 0.4) is 0 Å². The van der Waals surface area contributed by atoms with E-state index in [1.807, 2.05) is 12.1 Å². The number of carbonyl (C=O) groups is 2. The second kappa shape index (κ2) is 7.87. The summed E-state index contributed by atoms with van der Waals surface area (Å²) in [4.78, 5) is 31.9. The van der Waals surface area contributed by atoms with E-state index in [9.17, 15) is 9.59 Å². The first-order valence-corrected chi connectivity index (χ1v) is 9.83. The molecule has 0 N–H and O–H groups in total. The third-order valence-electron chi connectivity index (χ3n) is 5.48. The molecule has 0 radical (unpaired) electrons. The molecule has 0 saturated heterocycles. The number of hydrogen-bond donors (Lipinski definition) is 0. The van der Waals surface area contributed by atoms with Crippen LogP contribution in [0.2, 0.25) is 5.02 Å². The zero-order valence-electron chi connectivity index (χ0n) is 16.3. The second-order valence-electron chi connectivity index (χ2n) is 7.06. The van der Waals surface area contributed by atoms with Gasteiger partial charge in [-0.2, -0.15) is 0 Å². The smallest absolute Gasteiger partial charge is 0.232 e. The summed E-state index contributed by atoms with van der Waals surface area (Å²) < 4.78 is 10.8. The number of Topliss-reactive ketones (excluding diaryl/α,β-unsaturated/α-hetero) is 1. The van der Waals surface area contributed by atoms with Crippen molar-refractivity contribution in [2.45, 2.75) is 31.6 Å². The van der Waals surface area contributed by atoms with Gasteiger partial charge in [-0.25, -0.2) is 0 Å². The van der Waals surface area contributed by atoms with Crippen molar-refractivity contribution in [1.82, 2.24) is 4.98 Å². The van der Waals surface area contributed by atoms with Gasteiger partial charge in [0.15, 0.2) is 5.78 Å². The molecule has 1 unspecified atom stereocenters. The van der Waals surface area contributed by atoms with Crippen LogP contribution in [0.5, 0.6) is 11.5 Å². The number of anilines is 1. The lowest BCUT2D eigenvalue weighted by atomic mass is 9.77. The number of aromatic nitrogens is 1. The number of allylic oxidation sites excluding steroid dienone is 2. The highest BCUT2D eigenvalue weighted by Gasteiger charge is 2.40. The highest BCUT2D eigenvalue weighted by molar-refractivity contribution is 6.32. The van der Waals surface area contributed by atoms with Crippen molar-refractivity contribution in [2.75, 3.05) is 19.1 Å². The fourth-order valence-electron chi connectivity index (χ4n) is 4.17. The van der Waals surface area contributed by atoms with Crippen LogP contribution in [0.15, 0.2) is 47.9 Å². The highest BCUT2D eigenvalue weighted by atomic mass is 35.5. The summed E-state index contributed by atoms with van der Waals surface area (Å²) in [5.74, 6) is 0.653. The van der Waals surface area contributed by atoms with E-state index >= 15 is 0 Å². The van der Waals surface area contributed by atoms with E-state index in [1.54, 1.807) is 29.4 Å². The van der Waals surface area contributed by atoms with Crippen molar-refractivity contribution >= 4 is 29.0 Å². The molecule has 2 aliphatic rings. The first kappa shape index (κ1) is 19.5. The van der Waals surface area contributed by atoms with Crippen LogP contribution >= 0.6 is 11.6 Å². The monoisotopic (exact) mass is 412 g/mol. The Bertz CT molecular complexity index is 1000. The highest BCUT2D eigenvalue weighted by Crippen LogP contribution is 2.47. The number of rotatable bonds is 4.